The Morgan fingerprint density at radius 3 is 1.33 bits per heavy atom. The molecule has 0 saturated carbocycles. The Morgan fingerprint density at radius 2 is 1.20 bits per heavy atom. The second kappa shape index (κ2) is 8.30. The minimum absolute atomic E-state index is 0. The smallest absolute Gasteiger partial charge is 0 e. The van der Waals surface area contributed by atoms with Crippen molar-refractivity contribution in [3.05, 3.63) is 0 Å². The Labute approximate surface area is 124 Å². The summed E-state index contributed by atoms with van der Waals surface area (Å²) in [5, 5.41) is 33.8. The number of aliphatic hydroxyl groups is 1. The SMILES string of the molecule is O=C(O)CC(O)(CC(=O)O)C(=O)O.[CaH2].[Ni]. The van der Waals surface area contributed by atoms with Crippen LogP contribution in [0.1, 0.15) is 12.8 Å². The van der Waals surface area contributed by atoms with Crippen LogP contribution in [0.4, 0.5) is 0 Å². The van der Waals surface area contributed by atoms with E-state index in [4.69, 9.17) is 20.4 Å². The molecule has 7 nitrogen and oxygen atoms in total. The van der Waals surface area contributed by atoms with E-state index in [1.54, 1.807) is 0 Å². The Hall–Kier alpha value is 0.123. The molecular weight excluding hydrogens is 283 g/mol. The van der Waals surface area contributed by atoms with Gasteiger partial charge in [-0.25, -0.2) is 4.79 Å². The summed E-state index contributed by atoms with van der Waals surface area (Å²) in [5.41, 5.74) is -2.74. The Morgan fingerprint density at radius 1 is 0.933 bits per heavy atom. The van der Waals surface area contributed by atoms with Crippen LogP contribution >= 0.6 is 0 Å². The zero-order valence-corrected chi connectivity index (χ0v) is 7.73. The zero-order chi connectivity index (χ0) is 10.6. The number of hydrogen-bond acceptors (Lipinski definition) is 4. The van der Waals surface area contributed by atoms with Crippen LogP contribution in [0.2, 0.25) is 0 Å². The number of carboxylic acids is 3. The molecule has 0 atom stereocenters. The van der Waals surface area contributed by atoms with Crippen molar-refractivity contribution in [2.75, 3.05) is 0 Å². The van der Waals surface area contributed by atoms with Crippen LogP contribution in [0, 0.1) is 0 Å². The van der Waals surface area contributed by atoms with Crippen molar-refractivity contribution in [1.29, 1.82) is 0 Å². The number of aliphatic carboxylic acids is 3. The summed E-state index contributed by atoms with van der Waals surface area (Å²) in [7, 11) is 0. The summed E-state index contributed by atoms with van der Waals surface area (Å²) in [6.45, 7) is 0. The van der Waals surface area contributed by atoms with E-state index in [0.717, 1.165) is 0 Å². The van der Waals surface area contributed by atoms with Crippen LogP contribution in [-0.4, -0.2) is 81.7 Å². The molecule has 9 heteroatoms. The van der Waals surface area contributed by atoms with Gasteiger partial charge in [-0.05, 0) is 0 Å². The molecule has 0 radical (unpaired) electrons. The van der Waals surface area contributed by atoms with Gasteiger partial charge in [0.2, 0.25) is 0 Å². The number of hydrogen-bond donors (Lipinski definition) is 4. The largest absolute Gasteiger partial charge is 0 e. The predicted octanol–water partition coefficient (Wildman–Crippen LogP) is -2.17. The molecule has 0 bridgehead atoms. The van der Waals surface area contributed by atoms with Crippen LogP contribution in [0.3, 0.4) is 0 Å². The van der Waals surface area contributed by atoms with Crippen molar-refractivity contribution >= 4 is 55.6 Å². The molecule has 0 spiro atoms. The Balaban J connectivity index is -0.000000720. The summed E-state index contributed by atoms with van der Waals surface area (Å²) in [4.78, 5) is 30.5. The minimum atomic E-state index is -2.74. The van der Waals surface area contributed by atoms with Gasteiger partial charge in [-0.1, -0.05) is 0 Å². The van der Waals surface area contributed by atoms with Gasteiger partial charge in [0.05, 0.1) is 12.8 Å². The van der Waals surface area contributed by atoms with Crippen LogP contribution in [0.15, 0.2) is 0 Å². The molecule has 0 saturated heterocycles. The third kappa shape index (κ3) is 7.98. The van der Waals surface area contributed by atoms with Crippen molar-refractivity contribution < 1.29 is 51.3 Å². The molecule has 0 amide bonds. The quantitative estimate of drug-likeness (QED) is 0.424. The van der Waals surface area contributed by atoms with Gasteiger partial charge in [-0.3, -0.25) is 9.59 Å². The molecule has 0 aliphatic heterocycles. The first-order chi connectivity index (χ1) is 5.78. The molecule has 0 aliphatic carbocycles. The zero-order valence-electron chi connectivity index (χ0n) is 6.74. The molecule has 88 valence electrons. The number of rotatable bonds is 5. The van der Waals surface area contributed by atoms with Crippen molar-refractivity contribution in [3.63, 3.8) is 0 Å². The van der Waals surface area contributed by atoms with Crippen LogP contribution in [0.5, 0.6) is 0 Å². The molecule has 0 aliphatic rings. The molecule has 0 fully saturated rings. The fourth-order valence-electron chi connectivity index (χ4n) is 0.714. The topological polar surface area (TPSA) is 132 Å². The first kappa shape index (κ1) is 20.5. The number of carbonyl (C=O) groups is 3. The van der Waals surface area contributed by atoms with E-state index in [-0.39, 0.29) is 54.2 Å². The molecule has 0 rings (SSSR count). The predicted molar refractivity (Wildman–Crippen MR) is 45.6 cm³/mol. The molecule has 0 aromatic carbocycles. The maximum absolute atomic E-state index is 10.3. The van der Waals surface area contributed by atoms with Crippen molar-refractivity contribution in [2.24, 2.45) is 0 Å². The summed E-state index contributed by atoms with van der Waals surface area (Å²) >= 11 is 0. The summed E-state index contributed by atoms with van der Waals surface area (Å²) in [6, 6.07) is 0. The summed E-state index contributed by atoms with van der Waals surface area (Å²) < 4.78 is 0. The third-order valence-corrected chi connectivity index (χ3v) is 1.29. The summed E-state index contributed by atoms with van der Waals surface area (Å²) in [5.74, 6) is -5.02. The van der Waals surface area contributed by atoms with Crippen molar-refractivity contribution in [1.82, 2.24) is 0 Å². The molecule has 4 N–H and O–H groups in total. The van der Waals surface area contributed by atoms with Crippen LogP contribution < -0.4 is 0 Å². The second-order valence-electron chi connectivity index (χ2n) is 2.48. The summed E-state index contributed by atoms with van der Waals surface area (Å²) in [6.07, 6.45) is -2.29. The van der Waals surface area contributed by atoms with E-state index in [0.29, 0.717) is 0 Å². The van der Waals surface area contributed by atoms with Gasteiger partial charge >= 0.3 is 55.6 Å². The first-order valence-corrected chi connectivity index (χ1v) is 3.17. The fraction of sp³-hybridized carbons (Fsp3) is 0.500. The average molecular weight is 293 g/mol. The second-order valence-corrected chi connectivity index (χ2v) is 2.48. The third-order valence-electron chi connectivity index (χ3n) is 1.29. The van der Waals surface area contributed by atoms with Gasteiger partial charge in [-0.2, -0.15) is 0 Å². The van der Waals surface area contributed by atoms with Crippen LogP contribution in [-0.2, 0) is 30.9 Å². The van der Waals surface area contributed by atoms with E-state index >= 15 is 0 Å². The molecule has 15 heavy (non-hydrogen) atoms. The van der Waals surface area contributed by atoms with Gasteiger partial charge in [0.1, 0.15) is 0 Å². The Kier molecular flexibility index (Phi) is 11.4. The van der Waals surface area contributed by atoms with E-state index in [1.807, 2.05) is 0 Å². The maximum Gasteiger partial charge on any atom is 0 e. The van der Waals surface area contributed by atoms with E-state index in [2.05, 4.69) is 0 Å². The monoisotopic (exact) mass is 292 g/mol. The normalized spacial score (nSPS) is 9.40. The van der Waals surface area contributed by atoms with Gasteiger partial charge in [-0.15, -0.1) is 0 Å². The fourth-order valence-corrected chi connectivity index (χ4v) is 0.714. The Bertz CT molecular complexity index is 238. The maximum atomic E-state index is 10.3. The molecule has 0 heterocycles. The van der Waals surface area contributed by atoms with Gasteiger partial charge < -0.3 is 20.4 Å². The average Bonchev–Trinajstić information content (AvgIpc) is 1.82. The number of carboxylic acid groups (broad SMARTS) is 3. The molecule has 0 aromatic rings. The molecule has 0 aromatic heterocycles. The van der Waals surface area contributed by atoms with Gasteiger partial charge in [0.25, 0.3) is 0 Å². The first-order valence-electron chi connectivity index (χ1n) is 3.17. The van der Waals surface area contributed by atoms with E-state index in [1.165, 1.54) is 0 Å². The van der Waals surface area contributed by atoms with Gasteiger partial charge in [0.15, 0.2) is 5.60 Å². The van der Waals surface area contributed by atoms with Crippen LogP contribution in [0.25, 0.3) is 0 Å². The van der Waals surface area contributed by atoms with E-state index < -0.39 is 36.4 Å². The molecule has 0 unspecified atom stereocenters. The minimum Gasteiger partial charge on any atom is 0 e. The van der Waals surface area contributed by atoms with Gasteiger partial charge in [0, 0.05) is 16.5 Å². The van der Waals surface area contributed by atoms with E-state index in [9.17, 15) is 14.4 Å². The van der Waals surface area contributed by atoms with Crippen molar-refractivity contribution in [3.8, 4) is 0 Å². The molecular formula is C6H10CaNiO7. The van der Waals surface area contributed by atoms with Crippen molar-refractivity contribution in [2.45, 2.75) is 18.4 Å². The standard InChI is InChI=1S/C6H8O7.Ca.Ni.2H/c7-3(8)1-6(13,5(11)12)2-4(9)10;;;;/h13H,1-2H2,(H,7,8)(H,9,10)(H,11,12);;;;.